The van der Waals surface area contributed by atoms with Crippen LogP contribution in [-0.4, -0.2) is 56.6 Å². The third kappa shape index (κ3) is 3.21. The fourth-order valence-electron chi connectivity index (χ4n) is 3.01. The van der Waals surface area contributed by atoms with Crippen LogP contribution in [0.2, 0.25) is 0 Å². The van der Waals surface area contributed by atoms with E-state index in [4.69, 9.17) is 0 Å². The molecule has 1 amide bonds. The monoisotopic (exact) mass is 356 g/mol. The van der Waals surface area contributed by atoms with Crippen molar-refractivity contribution in [2.75, 3.05) is 31.1 Å². The molecule has 0 aromatic carbocycles. The number of anilines is 1. The van der Waals surface area contributed by atoms with Gasteiger partial charge in [0.25, 0.3) is 5.91 Å². The molecule has 4 rings (SSSR count). The van der Waals surface area contributed by atoms with E-state index in [-0.39, 0.29) is 5.91 Å². The Labute approximate surface area is 149 Å². The third-order valence-electron chi connectivity index (χ3n) is 4.37. The van der Waals surface area contributed by atoms with Crippen LogP contribution in [0.25, 0.3) is 5.65 Å². The van der Waals surface area contributed by atoms with E-state index in [1.807, 2.05) is 28.6 Å². The number of carbonyl (C=O) groups excluding carboxylic acids is 1. The maximum Gasteiger partial charge on any atom is 0.273 e. The van der Waals surface area contributed by atoms with Crippen molar-refractivity contribution in [2.45, 2.75) is 19.8 Å². The van der Waals surface area contributed by atoms with Crippen LogP contribution < -0.4 is 4.90 Å². The van der Waals surface area contributed by atoms with E-state index in [0.717, 1.165) is 42.4 Å². The second kappa shape index (κ2) is 6.79. The van der Waals surface area contributed by atoms with Crippen LogP contribution in [0.1, 0.15) is 28.8 Å². The Bertz CT molecular complexity index is 880. The zero-order chi connectivity index (χ0) is 17.2. The molecule has 0 bridgehead atoms. The number of piperazine rings is 1. The molecule has 0 N–H and O–H groups in total. The predicted octanol–water partition coefficient (Wildman–Crippen LogP) is 2.10. The summed E-state index contributed by atoms with van der Waals surface area (Å²) >= 11 is 1.58. The van der Waals surface area contributed by atoms with Gasteiger partial charge in [-0.05, 0) is 25.0 Å². The molecule has 7 nitrogen and oxygen atoms in total. The highest BCUT2D eigenvalue weighted by Gasteiger charge is 2.24. The lowest BCUT2D eigenvalue weighted by Gasteiger charge is -2.35. The highest BCUT2D eigenvalue weighted by Crippen LogP contribution is 2.17. The molecular formula is C17H20N6OS. The van der Waals surface area contributed by atoms with E-state index < -0.39 is 0 Å². The SMILES string of the molecule is CCCc1nc(C(=O)N2CCN(c3ccc4nccn4n3)CC2)cs1. The number of aromatic nitrogens is 4. The first-order valence-electron chi connectivity index (χ1n) is 8.53. The number of amides is 1. The van der Waals surface area contributed by atoms with Gasteiger partial charge in [-0.1, -0.05) is 6.92 Å². The molecule has 3 aromatic rings. The van der Waals surface area contributed by atoms with E-state index in [9.17, 15) is 4.79 Å². The van der Waals surface area contributed by atoms with Crippen LogP contribution in [0.15, 0.2) is 29.9 Å². The molecule has 130 valence electrons. The normalized spacial score (nSPS) is 15.1. The highest BCUT2D eigenvalue weighted by molar-refractivity contribution is 7.09. The summed E-state index contributed by atoms with van der Waals surface area (Å²) in [5, 5.41) is 7.50. The molecule has 3 aromatic heterocycles. The van der Waals surface area contributed by atoms with Crippen molar-refractivity contribution in [3.8, 4) is 0 Å². The van der Waals surface area contributed by atoms with E-state index in [2.05, 4.69) is 26.9 Å². The van der Waals surface area contributed by atoms with Gasteiger partial charge in [0.2, 0.25) is 0 Å². The van der Waals surface area contributed by atoms with Gasteiger partial charge in [0.15, 0.2) is 5.65 Å². The fraction of sp³-hybridized carbons (Fsp3) is 0.412. The molecule has 0 aliphatic carbocycles. The summed E-state index contributed by atoms with van der Waals surface area (Å²) in [5.41, 5.74) is 1.42. The molecule has 0 radical (unpaired) electrons. The first-order valence-corrected chi connectivity index (χ1v) is 9.41. The molecule has 8 heteroatoms. The molecule has 0 spiro atoms. The molecule has 4 heterocycles. The van der Waals surface area contributed by atoms with Crippen molar-refractivity contribution < 1.29 is 4.79 Å². The molecule has 1 aliphatic rings. The van der Waals surface area contributed by atoms with E-state index in [1.54, 1.807) is 22.0 Å². The fourth-order valence-corrected chi connectivity index (χ4v) is 3.89. The van der Waals surface area contributed by atoms with Crippen molar-refractivity contribution in [2.24, 2.45) is 0 Å². The molecule has 1 aliphatic heterocycles. The molecule has 0 saturated carbocycles. The third-order valence-corrected chi connectivity index (χ3v) is 5.28. The average Bonchev–Trinajstić information content (AvgIpc) is 3.30. The number of fused-ring (bicyclic) bond motifs is 1. The maximum atomic E-state index is 12.6. The van der Waals surface area contributed by atoms with Gasteiger partial charge in [-0.3, -0.25) is 4.79 Å². The van der Waals surface area contributed by atoms with Crippen LogP contribution in [-0.2, 0) is 6.42 Å². The summed E-state index contributed by atoms with van der Waals surface area (Å²) in [6, 6.07) is 3.95. The minimum Gasteiger partial charge on any atom is -0.352 e. The van der Waals surface area contributed by atoms with Crippen molar-refractivity contribution >= 4 is 28.7 Å². The van der Waals surface area contributed by atoms with Crippen LogP contribution in [0, 0.1) is 0 Å². The quantitative estimate of drug-likeness (QED) is 0.716. The lowest BCUT2D eigenvalue weighted by molar-refractivity contribution is 0.0741. The van der Waals surface area contributed by atoms with Gasteiger partial charge in [-0.25, -0.2) is 14.5 Å². The smallest absolute Gasteiger partial charge is 0.273 e. The van der Waals surface area contributed by atoms with Crippen LogP contribution in [0.5, 0.6) is 0 Å². The number of nitrogens with zero attached hydrogens (tertiary/aromatic N) is 6. The van der Waals surface area contributed by atoms with Gasteiger partial charge >= 0.3 is 0 Å². The maximum absolute atomic E-state index is 12.6. The van der Waals surface area contributed by atoms with Crippen molar-refractivity contribution in [3.63, 3.8) is 0 Å². The summed E-state index contributed by atoms with van der Waals surface area (Å²) in [7, 11) is 0. The number of hydrogen-bond acceptors (Lipinski definition) is 6. The number of aryl methyl sites for hydroxylation is 1. The second-order valence-corrected chi connectivity index (χ2v) is 7.02. The van der Waals surface area contributed by atoms with E-state index in [1.165, 1.54) is 0 Å². The number of thiazole rings is 1. The summed E-state index contributed by atoms with van der Waals surface area (Å²) in [4.78, 5) is 25.4. The van der Waals surface area contributed by atoms with Crippen LogP contribution >= 0.6 is 11.3 Å². The first kappa shape index (κ1) is 16.0. The lowest BCUT2D eigenvalue weighted by atomic mass is 10.3. The van der Waals surface area contributed by atoms with Gasteiger partial charge in [-0.2, -0.15) is 0 Å². The summed E-state index contributed by atoms with van der Waals surface area (Å²) in [5.74, 6) is 0.952. The first-order chi connectivity index (χ1) is 12.2. The van der Waals surface area contributed by atoms with Gasteiger partial charge in [-0.15, -0.1) is 16.4 Å². The molecular weight excluding hydrogens is 336 g/mol. The number of imidazole rings is 1. The topological polar surface area (TPSA) is 66.6 Å². The van der Waals surface area contributed by atoms with Crippen molar-refractivity contribution in [1.82, 2.24) is 24.5 Å². The number of hydrogen-bond donors (Lipinski definition) is 0. The van der Waals surface area contributed by atoms with E-state index >= 15 is 0 Å². The van der Waals surface area contributed by atoms with Gasteiger partial charge in [0, 0.05) is 44.0 Å². The molecule has 25 heavy (non-hydrogen) atoms. The summed E-state index contributed by atoms with van der Waals surface area (Å²) in [6.45, 7) is 5.03. The summed E-state index contributed by atoms with van der Waals surface area (Å²) < 4.78 is 1.78. The Hall–Kier alpha value is -2.48. The van der Waals surface area contributed by atoms with Crippen molar-refractivity contribution in [3.05, 3.63) is 40.6 Å². The second-order valence-electron chi connectivity index (χ2n) is 6.08. The van der Waals surface area contributed by atoms with Crippen LogP contribution in [0.4, 0.5) is 5.82 Å². The largest absolute Gasteiger partial charge is 0.352 e. The van der Waals surface area contributed by atoms with Gasteiger partial charge in [0.05, 0.1) is 5.01 Å². The number of carbonyl (C=O) groups is 1. The Morgan fingerprint density at radius 2 is 2.08 bits per heavy atom. The molecule has 1 saturated heterocycles. The predicted molar refractivity (Wildman–Crippen MR) is 97.2 cm³/mol. The highest BCUT2D eigenvalue weighted by atomic mass is 32.1. The molecule has 0 atom stereocenters. The Morgan fingerprint density at radius 1 is 1.24 bits per heavy atom. The van der Waals surface area contributed by atoms with E-state index in [0.29, 0.717) is 18.8 Å². The minimum atomic E-state index is 0.0382. The van der Waals surface area contributed by atoms with Crippen LogP contribution in [0.3, 0.4) is 0 Å². The minimum absolute atomic E-state index is 0.0382. The Morgan fingerprint density at radius 3 is 2.88 bits per heavy atom. The zero-order valence-corrected chi connectivity index (χ0v) is 14.9. The number of rotatable bonds is 4. The Balaban J connectivity index is 1.40. The molecule has 0 unspecified atom stereocenters. The zero-order valence-electron chi connectivity index (χ0n) is 14.1. The van der Waals surface area contributed by atoms with Gasteiger partial charge < -0.3 is 9.80 Å². The lowest BCUT2D eigenvalue weighted by Crippen LogP contribution is -2.49. The summed E-state index contributed by atoms with van der Waals surface area (Å²) in [6.07, 6.45) is 5.57. The molecule has 1 fully saturated rings. The standard InChI is InChI=1S/C17H20N6OS/c1-2-3-16-19-13(12-25-16)17(24)22-10-8-21(9-11-22)15-5-4-14-18-6-7-23(14)20-15/h4-7,12H,2-3,8-11H2,1H3. The average molecular weight is 356 g/mol. The van der Waals surface area contributed by atoms with Crippen molar-refractivity contribution in [1.29, 1.82) is 0 Å². The van der Waals surface area contributed by atoms with Gasteiger partial charge in [0.1, 0.15) is 11.5 Å². The Kier molecular flexibility index (Phi) is 4.35.